The lowest BCUT2D eigenvalue weighted by molar-refractivity contribution is -0.146. The number of nitrogens with zero attached hydrogens (tertiary/aromatic N) is 1. The van der Waals surface area contributed by atoms with Crippen molar-refractivity contribution >= 4 is 11.9 Å². The van der Waals surface area contributed by atoms with Crippen molar-refractivity contribution < 1.29 is 19.1 Å². The normalized spacial score (nSPS) is 18.2. The molecule has 0 bridgehead atoms. The van der Waals surface area contributed by atoms with Gasteiger partial charge in [0.25, 0.3) is 5.91 Å². The number of ether oxygens (including phenoxy) is 2. The number of hydrogen-bond acceptors (Lipinski definition) is 4. The summed E-state index contributed by atoms with van der Waals surface area (Å²) in [6, 6.07) is 5.41. The lowest BCUT2D eigenvalue weighted by Crippen LogP contribution is -2.42. The summed E-state index contributed by atoms with van der Waals surface area (Å²) in [6.07, 6.45) is 1.59. The average molecular weight is 291 g/mol. The summed E-state index contributed by atoms with van der Waals surface area (Å²) in [5.41, 5.74) is 1.57. The summed E-state index contributed by atoms with van der Waals surface area (Å²) in [5, 5.41) is 0. The van der Waals surface area contributed by atoms with Gasteiger partial charge in [0.05, 0.1) is 20.1 Å². The molecule has 1 saturated heterocycles. The van der Waals surface area contributed by atoms with Gasteiger partial charge in [-0.1, -0.05) is 6.07 Å². The molecule has 21 heavy (non-hydrogen) atoms. The SMILES string of the molecule is COC(=O)C1CCCN(C(=O)c2ccc(C)c(OC)c2)C1. The molecule has 0 aromatic heterocycles. The molecule has 1 unspecified atom stereocenters. The minimum atomic E-state index is -0.242. The van der Waals surface area contributed by atoms with Crippen molar-refractivity contribution in [1.29, 1.82) is 0 Å². The largest absolute Gasteiger partial charge is 0.496 e. The zero-order valence-electron chi connectivity index (χ0n) is 12.7. The first-order valence-corrected chi connectivity index (χ1v) is 7.08. The monoisotopic (exact) mass is 291 g/mol. The third kappa shape index (κ3) is 3.35. The predicted molar refractivity (Wildman–Crippen MR) is 78.4 cm³/mol. The summed E-state index contributed by atoms with van der Waals surface area (Å²) >= 11 is 0. The van der Waals surface area contributed by atoms with Crippen LogP contribution >= 0.6 is 0 Å². The van der Waals surface area contributed by atoms with Crippen molar-refractivity contribution in [1.82, 2.24) is 4.90 Å². The zero-order chi connectivity index (χ0) is 15.4. The molecule has 0 aliphatic carbocycles. The summed E-state index contributed by atoms with van der Waals surface area (Å²) in [7, 11) is 2.97. The zero-order valence-corrected chi connectivity index (χ0v) is 12.7. The van der Waals surface area contributed by atoms with Crippen LogP contribution in [0.15, 0.2) is 18.2 Å². The first-order valence-electron chi connectivity index (χ1n) is 7.08. The number of esters is 1. The fourth-order valence-electron chi connectivity index (χ4n) is 2.66. The van der Waals surface area contributed by atoms with Gasteiger partial charge in [-0.05, 0) is 37.5 Å². The Bertz CT molecular complexity index is 541. The number of methoxy groups -OCH3 is 2. The fraction of sp³-hybridized carbons (Fsp3) is 0.500. The van der Waals surface area contributed by atoms with Gasteiger partial charge in [0, 0.05) is 18.7 Å². The Hall–Kier alpha value is -2.04. The minimum Gasteiger partial charge on any atom is -0.496 e. The number of aryl methyl sites for hydroxylation is 1. The van der Waals surface area contributed by atoms with E-state index in [1.165, 1.54) is 7.11 Å². The molecular weight excluding hydrogens is 270 g/mol. The molecule has 1 heterocycles. The van der Waals surface area contributed by atoms with Crippen LogP contribution in [-0.4, -0.2) is 44.1 Å². The van der Waals surface area contributed by atoms with E-state index in [1.807, 2.05) is 13.0 Å². The molecule has 1 aliphatic heterocycles. The van der Waals surface area contributed by atoms with Gasteiger partial charge in [-0.2, -0.15) is 0 Å². The number of carbonyl (C=O) groups excluding carboxylic acids is 2. The highest BCUT2D eigenvalue weighted by atomic mass is 16.5. The molecule has 1 atom stereocenters. The number of likely N-dealkylation sites (tertiary alicyclic amines) is 1. The highest BCUT2D eigenvalue weighted by Gasteiger charge is 2.29. The van der Waals surface area contributed by atoms with Crippen LogP contribution in [0.4, 0.5) is 0 Å². The molecular formula is C16H21NO4. The molecule has 1 aromatic carbocycles. The van der Waals surface area contributed by atoms with E-state index in [1.54, 1.807) is 24.1 Å². The topological polar surface area (TPSA) is 55.8 Å². The van der Waals surface area contributed by atoms with Gasteiger partial charge >= 0.3 is 5.97 Å². The van der Waals surface area contributed by atoms with Crippen molar-refractivity contribution in [3.63, 3.8) is 0 Å². The van der Waals surface area contributed by atoms with Gasteiger partial charge in [-0.3, -0.25) is 9.59 Å². The van der Waals surface area contributed by atoms with Crippen LogP contribution in [0, 0.1) is 12.8 Å². The molecule has 114 valence electrons. The fourth-order valence-corrected chi connectivity index (χ4v) is 2.66. The molecule has 0 saturated carbocycles. The molecule has 1 aliphatic rings. The quantitative estimate of drug-likeness (QED) is 0.800. The van der Waals surface area contributed by atoms with Crippen molar-refractivity contribution in [3.05, 3.63) is 29.3 Å². The maximum atomic E-state index is 12.6. The maximum Gasteiger partial charge on any atom is 0.310 e. The number of amides is 1. The van der Waals surface area contributed by atoms with Crippen LogP contribution in [0.5, 0.6) is 5.75 Å². The Morgan fingerprint density at radius 3 is 2.71 bits per heavy atom. The Morgan fingerprint density at radius 2 is 2.05 bits per heavy atom. The smallest absolute Gasteiger partial charge is 0.310 e. The second-order valence-corrected chi connectivity index (χ2v) is 5.30. The summed E-state index contributed by atoms with van der Waals surface area (Å²) in [4.78, 5) is 25.9. The standard InChI is InChI=1S/C16H21NO4/c1-11-6-7-12(9-14(11)20-2)15(18)17-8-4-5-13(10-17)16(19)21-3/h6-7,9,13H,4-5,8,10H2,1-3H3. The Kier molecular flexibility index (Phi) is 4.83. The van der Waals surface area contributed by atoms with Gasteiger partial charge in [0.2, 0.25) is 0 Å². The minimum absolute atomic E-state index is 0.0677. The van der Waals surface area contributed by atoms with E-state index in [-0.39, 0.29) is 17.8 Å². The number of rotatable bonds is 3. The van der Waals surface area contributed by atoms with E-state index in [0.717, 1.165) is 18.4 Å². The van der Waals surface area contributed by atoms with Gasteiger partial charge in [-0.15, -0.1) is 0 Å². The molecule has 0 N–H and O–H groups in total. The van der Waals surface area contributed by atoms with E-state index in [2.05, 4.69) is 0 Å². The van der Waals surface area contributed by atoms with Gasteiger partial charge in [0.1, 0.15) is 5.75 Å². The Labute approximate surface area is 124 Å². The molecule has 5 heteroatoms. The summed E-state index contributed by atoms with van der Waals surface area (Å²) in [5.74, 6) is 0.165. The summed E-state index contributed by atoms with van der Waals surface area (Å²) < 4.78 is 10.0. The van der Waals surface area contributed by atoms with Crippen LogP contribution in [0.2, 0.25) is 0 Å². The third-order valence-corrected chi connectivity index (χ3v) is 3.90. The van der Waals surface area contributed by atoms with Crippen LogP contribution in [0.1, 0.15) is 28.8 Å². The molecule has 1 amide bonds. The second kappa shape index (κ2) is 6.61. The molecule has 2 rings (SSSR count). The van der Waals surface area contributed by atoms with Gasteiger partial charge < -0.3 is 14.4 Å². The average Bonchev–Trinajstić information content (AvgIpc) is 2.54. The third-order valence-electron chi connectivity index (χ3n) is 3.90. The highest BCUT2D eigenvalue weighted by Crippen LogP contribution is 2.23. The van der Waals surface area contributed by atoms with Crippen LogP contribution < -0.4 is 4.74 Å². The molecule has 0 spiro atoms. The molecule has 1 aromatic rings. The highest BCUT2D eigenvalue weighted by molar-refractivity contribution is 5.95. The van der Waals surface area contributed by atoms with Gasteiger partial charge in [0.15, 0.2) is 0 Å². The van der Waals surface area contributed by atoms with E-state index >= 15 is 0 Å². The first-order chi connectivity index (χ1) is 10.1. The Balaban J connectivity index is 2.14. The van der Waals surface area contributed by atoms with Crippen molar-refractivity contribution in [2.75, 3.05) is 27.3 Å². The van der Waals surface area contributed by atoms with Crippen molar-refractivity contribution in [3.8, 4) is 5.75 Å². The number of hydrogen-bond donors (Lipinski definition) is 0. The predicted octanol–water partition coefficient (Wildman–Crippen LogP) is 2.03. The summed E-state index contributed by atoms with van der Waals surface area (Å²) in [6.45, 7) is 3.02. The lowest BCUT2D eigenvalue weighted by atomic mass is 9.97. The number of benzene rings is 1. The first kappa shape index (κ1) is 15.4. The second-order valence-electron chi connectivity index (χ2n) is 5.30. The molecule has 1 fully saturated rings. The van der Waals surface area contributed by atoms with Crippen LogP contribution in [0.25, 0.3) is 0 Å². The Morgan fingerprint density at radius 1 is 1.29 bits per heavy atom. The van der Waals surface area contributed by atoms with Crippen molar-refractivity contribution in [2.24, 2.45) is 5.92 Å². The van der Waals surface area contributed by atoms with E-state index < -0.39 is 0 Å². The maximum absolute atomic E-state index is 12.6. The molecule has 0 radical (unpaired) electrons. The van der Waals surface area contributed by atoms with Gasteiger partial charge in [-0.25, -0.2) is 0 Å². The van der Waals surface area contributed by atoms with E-state index in [9.17, 15) is 9.59 Å². The molecule has 5 nitrogen and oxygen atoms in total. The van der Waals surface area contributed by atoms with E-state index in [4.69, 9.17) is 9.47 Å². The number of piperidine rings is 1. The lowest BCUT2D eigenvalue weighted by Gasteiger charge is -2.31. The van der Waals surface area contributed by atoms with Crippen LogP contribution in [0.3, 0.4) is 0 Å². The number of carbonyl (C=O) groups is 2. The van der Waals surface area contributed by atoms with E-state index in [0.29, 0.717) is 24.4 Å². The van der Waals surface area contributed by atoms with Crippen LogP contribution in [-0.2, 0) is 9.53 Å². The van der Waals surface area contributed by atoms with Crippen molar-refractivity contribution in [2.45, 2.75) is 19.8 Å².